The van der Waals surface area contributed by atoms with Gasteiger partial charge in [0, 0.05) is 22.5 Å². The van der Waals surface area contributed by atoms with Crippen LogP contribution in [0.4, 0.5) is 0 Å². The van der Waals surface area contributed by atoms with E-state index in [1.54, 1.807) is 0 Å². The monoisotopic (exact) mass is 269 g/mol. The SMILES string of the molecule is CCC(CNC)C(=O)c1ccccc1Br. The molecule has 0 radical (unpaired) electrons. The van der Waals surface area contributed by atoms with Crippen LogP contribution >= 0.6 is 15.9 Å². The zero-order valence-corrected chi connectivity index (χ0v) is 10.7. The molecule has 0 aliphatic carbocycles. The van der Waals surface area contributed by atoms with Crippen LogP contribution in [0.1, 0.15) is 23.7 Å². The van der Waals surface area contributed by atoms with Gasteiger partial charge in [0.2, 0.25) is 0 Å². The summed E-state index contributed by atoms with van der Waals surface area (Å²) in [6, 6.07) is 7.58. The Bertz CT molecular complexity index is 338. The number of rotatable bonds is 5. The molecule has 0 amide bonds. The van der Waals surface area contributed by atoms with Gasteiger partial charge in [-0.3, -0.25) is 4.79 Å². The van der Waals surface area contributed by atoms with Gasteiger partial charge < -0.3 is 5.32 Å². The Labute approximate surface area is 99.2 Å². The first-order valence-electron chi connectivity index (χ1n) is 5.14. The van der Waals surface area contributed by atoms with Crippen molar-refractivity contribution in [2.24, 2.45) is 5.92 Å². The highest BCUT2D eigenvalue weighted by Crippen LogP contribution is 2.20. The maximum absolute atomic E-state index is 12.1. The molecule has 1 atom stereocenters. The number of hydrogen-bond acceptors (Lipinski definition) is 2. The first kappa shape index (κ1) is 12.4. The molecule has 15 heavy (non-hydrogen) atoms. The number of halogens is 1. The Morgan fingerprint density at radius 1 is 1.47 bits per heavy atom. The van der Waals surface area contributed by atoms with Crippen LogP contribution in [-0.2, 0) is 0 Å². The van der Waals surface area contributed by atoms with Crippen LogP contribution in [0.25, 0.3) is 0 Å². The molecule has 3 heteroatoms. The van der Waals surface area contributed by atoms with Crippen molar-refractivity contribution in [3.8, 4) is 0 Å². The number of carbonyl (C=O) groups excluding carboxylic acids is 1. The molecule has 1 aromatic carbocycles. The maximum Gasteiger partial charge on any atom is 0.168 e. The molecule has 0 heterocycles. The molecule has 1 N–H and O–H groups in total. The summed E-state index contributed by atoms with van der Waals surface area (Å²) in [4.78, 5) is 12.1. The maximum atomic E-state index is 12.1. The molecule has 0 aliphatic heterocycles. The summed E-state index contributed by atoms with van der Waals surface area (Å²) >= 11 is 3.40. The third-order valence-electron chi connectivity index (χ3n) is 2.45. The molecule has 0 aromatic heterocycles. The highest BCUT2D eigenvalue weighted by Gasteiger charge is 2.18. The Morgan fingerprint density at radius 3 is 2.67 bits per heavy atom. The molecule has 0 fully saturated rings. The second kappa shape index (κ2) is 6.03. The molecule has 1 unspecified atom stereocenters. The molecule has 0 saturated carbocycles. The fourth-order valence-electron chi connectivity index (χ4n) is 1.55. The first-order valence-corrected chi connectivity index (χ1v) is 5.93. The fourth-order valence-corrected chi connectivity index (χ4v) is 2.03. The van der Waals surface area contributed by atoms with Crippen LogP contribution < -0.4 is 5.32 Å². The van der Waals surface area contributed by atoms with Gasteiger partial charge in [-0.05, 0) is 19.5 Å². The van der Waals surface area contributed by atoms with E-state index >= 15 is 0 Å². The molecule has 1 rings (SSSR count). The minimum Gasteiger partial charge on any atom is -0.319 e. The van der Waals surface area contributed by atoms with E-state index in [-0.39, 0.29) is 11.7 Å². The van der Waals surface area contributed by atoms with Crippen molar-refractivity contribution in [1.82, 2.24) is 5.32 Å². The minimum atomic E-state index is 0.0636. The molecule has 0 bridgehead atoms. The lowest BCUT2D eigenvalue weighted by atomic mass is 9.95. The van der Waals surface area contributed by atoms with E-state index < -0.39 is 0 Å². The average Bonchev–Trinajstić information content (AvgIpc) is 2.25. The number of ketones is 1. The largest absolute Gasteiger partial charge is 0.319 e. The zero-order chi connectivity index (χ0) is 11.3. The van der Waals surface area contributed by atoms with E-state index in [0.717, 1.165) is 23.0 Å². The van der Waals surface area contributed by atoms with Gasteiger partial charge in [0.05, 0.1) is 0 Å². The van der Waals surface area contributed by atoms with E-state index in [2.05, 4.69) is 21.2 Å². The number of benzene rings is 1. The van der Waals surface area contributed by atoms with Crippen molar-refractivity contribution < 1.29 is 4.79 Å². The van der Waals surface area contributed by atoms with Gasteiger partial charge in [0.15, 0.2) is 5.78 Å². The zero-order valence-electron chi connectivity index (χ0n) is 9.09. The molecule has 0 aliphatic rings. The predicted molar refractivity (Wildman–Crippen MR) is 66.2 cm³/mol. The number of Topliss-reactive ketones (excluding diaryl/α,β-unsaturated/α-hetero) is 1. The Morgan fingerprint density at radius 2 is 2.13 bits per heavy atom. The third-order valence-corrected chi connectivity index (χ3v) is 3.14. The Hall–Kier alpha value is -0.670. The van der Waals surface area contributed by atoms with Gasteiger partial charge in [0.25, 0.3) is 0 Å². The summed E-state index contributed by atoms with van der Waals surface area (Å²) < 4.78 is 0.879. The summed E-state index contributed by atoms with van der Waals surface area (Å²) in [5.74, 6) is 0.271. The lowest BCUT2D eigenvalue weighted by molar-refractivity contribution is 0.0916. The van der Waals surface area contributed by atoms with Crippen molar-refractivity contribution in [2.45, 2.75) is 13.3 Å². The van der Waals surface area contributed by atoms with E-state index in [0.29, 0.717) is 0 Å². The van der Waals surface area contributed by atoms with Crippen molar-refractivity contribution in [3.05, 3.63) is 34.3 Å². The minimum absolute atomic E-state index is 0.0636. The van der Waals surface area contributed by atoms with E-state index in [4.69, 9.17) is 0 Å². The summed E-state index contributed by atoms with van der Waals surface area (Å²) in [5, 5.41) is 3.05. The van der Waals surface area contributed by atoms with E-state index in [1.807, 2.05) is 38.2 Å². The summed E-state index contributed by atoms with van der Waals surface area (Å²) in [6.45, 7) is 2.77. The van der Waals surface area contributed by atoms with Crippen LogP contribution in [-0.4, -0.2) is 19.4 Å². The van der Waals surface area contributed by atoms with Gasteiger partial charge in [0.1, 0.15) is 0 Å². The molecule has 82 valence electrons. The molecular formula is C12H16BrNO. The van der Waals surface area contributed by atoms with E-state index in [1.165, 1.54) is 0 Å². The normalized spacial score (nSPS) is 12.5. The van der Waals surface area contributed by atoms with Crippen LogP contribution in [0.5, 0.6) is 0 Å². The summed E-state index contributed by atoms with van der Waals surface area (Å²) in [7, 11) is 1.87. The van der Waals surface area contributed by atoms with Gasteiger partial charge >= 0.3 is 0 Å². The standard InChI is InChI=1S/C12H16BrNO/c1-3-9(8-14-2)12(15)10-6-4-5-7-11(10)13/h4-7,9,14H,3,8H2,1-2H3. The van der Waals surface area contributed by atoms with Gasteiger partial charge in [-0.15, -0.1) is 0 Å². The molecule has 2 nitrogen and oxygen atoms in total. The first-order chi connectivity index (χ1) is 7.20. The fraction of sp³-hybridized carbons (Fsp3) is 0.417. The smallest absolute Gasteiger partial charge is 0.168 e. The third kappa shape index (κ3) is 3.14. The second-order valence-corrected chi connectivity index (χ2v) is 4.36. The number of carbonyl (C=O) groups is 1. The van der Waals surface area contributed by atoms with Crippen molar-refractivity contribution >= 4 is 21.7 Å². The number of nitrogens with one attached hydrogen (secondary N) is 1. The van der Waals surface area contributed by atoms with E-state index in [9.17, 15) is 4.79 Å². The highest BCUT2D eigenvalue weighted by atomic mass is 79.9. The van der Waals surface area contributed by atoms with Gasteiger partial charge in [-0.1, -0.05) is 41.1 Å². The van der Waals surface area contributed by atoms with Crippen LogP contribution in [0.3, 0.4) is 0 Å². The van der Waals surface area contributed by atoms with Crippen molar-refractivity contribution in [1.29, 1.82) is 0 Å². The molecule has 0 spiro atoms. The summed E-state index contributed by atoms with van der Waals surface area (Å²) in [6.07, 6.45) is 0.862. The number of hydrogen-bond donors (Lipinski definition) is 1. The quantitative estimate of drug-likeness (QED) is 0.833. The lowest BCUT2D eigenvalue weighted by Gasteiger charge is -2.13. The topological polar surface area (TPSA) is 29.1 Å². The van der Waals surface area contributed by atoms with Gasteiger partial charge in [-0.25, -0.2) is 0 Å². The molecule has 1 aromatic rings. The molecule has 0 saturated heterocycles. The average molecular weight is 270 g/mol. The highest BCUT2D eigenvalue weighted by molar-refractivity contribution is 9.10. The molecular weight excluding hydrogens is 254 g/mol. The predicted octanol–water partition coefficient (Wildman–Crippen LogP) is 2.88. The van der Waals surface area contributed by atoms with Crippen molar-refractivity contribution in [3.63, 3.8) is 0 Å². The van der Waals surface area contributed by atoms with Gasteiger partial charge in [-0.2, -0.15) is 0 Å². The van der Waals surface area contributed by atoms with Crippen molar-refractivity contribution in [2.75, 3.05) is 13.6 Å². The second-order valence-electron chi connectivity index (χ2n) is 3.51. The van der Waals surface area contributed by atoms with Crippen LogP contribution in [0.2, 0.25) is 0 Å². The lowest BCUT2D eigenvalue weighted by Crippen LogP contribution is -2.26. The van der Waals surface area contributed by atoms with Crippen LogP contribution in [0.15, 0.2) is 28.7 Å². The van der Waals surface area contributed by atoms with Crippen LogP contribution in [0, 0.1) is 5.92 Å². The summed E-state index contributed by atoms with van der Waals surface area (Å²) in [5.41, 5.74) is 0.777. The Kier molecular flexibility index (Phi) is 4.99. The Balaban J connectivity index is 2.88.